The van der Waals surface area contributed by atoms with E-state index in [0.717, 1.165) is 24.2 Å². The van der Waals surface area contributed by atoms with E-state index in [1.807, 2.05) is 6.07 Å². The van der Waals surface area contributed by atoms with E-state index in [4.69, 9.17) is 5.73 Å². The van der Waals surface area contributed by atoms with Gasteiger partial charge in [0.2, 0.25) is 0 Å². The van der Waals surface area contributed by atoms with Crippen molar-refractivity contribution in [2.45, 2.75) is 38.5 Å². The number of hydrogen-bond acceptors (Lipinski definition) is 3. The number of rotatable bonds is 6. The predicted octanol–water partition coefficient (Wildman–Crippen LogP) is 3.51. The molecule has 0 aliphatic heterocycles. The highest BCUT2D eigenvalue weighted by Gasteiger charge is 2.29. The van der Waals surface area contributed by atoms with Gasteiger partial charge in [-0.3, -0.25) is 4.90 Å². The lowest BCUT2D eigenvalue weighted by atomic mass is 10.1. The van der Waals surface area contributed by atoms with Crippen molar-refractivity contribution in [3.8, 4) is 0 Å². The summed E-state index contributed by atoms with van der Waals surface area (Å²) in [5.74, 6) is -0.186. The summed E-state index contributed by atoms with van der Waals surface area (Å²) < 4.78 is 13.6. The van der Waals surface area contributed by atoms with Crippen LogP contribution in [0.15, 0.2) is 35.0 Å². The topological polar surface area (TPSA) is 29.3 Å². The number of nitrogens with zero attached hydrogens (tertiary/aromatic N) is 1. The lowest BCUT2D eigenvalue weighted by molar-refractivity contribution is 0.245. The van der Waals surface area contributed by atoms with Crippen LogP contribution in [-0.4, -0.2) is 10.9 Å². The summed E-state index contributed by atoms with van der Waals surface area (Å²) in [6.45, 7) is 2.13. The van der Waals surface area contributed by atoms with Crippen LogP contribution in [0.2, 0.25) is 0 Å². The molecule has 0 spiro atoms. The summed E-state index contributed by atoms with van der Waals surface area (Å²) in [4.78, 5) is 2.44. The van der Waals surface area contributed by atoms with Crippen LogP contribution >= 0.6 is 11.3 Å². The average Bonchev–Trinajstić information content (AvgIpc) is 3.16. The van der Waals surface area contributed by atoms with Crippen molar-refractivity contribution in [1.29, 1.82) is 0 Å². The molecule has 2 aromatic rings. The van der Waals surface area contributed by atoms with Gasteiger partial charge in [0, 0.05) is 25.7 Å². The van der Waals surface area contributed by atoms with Crippen molar-refractivity contribution in [2.24, 2.45) is 5.73 Å². The molecule has 20 heavy (non-hydrogen) atoms. The van der Waals surface area contributed by atoms with E-state index in [2.05, 4.69) is 21.7 Å². The Morgan fingerprint density at radius 1 is 1.15 bits per heavy atom. The third kappa shape index (κ3) is 3.45. The zero-order chi connectivity index (χ0) is 13.9. The predicted molar refractivity (Wildman–Crippen MR) is 80.9 cm³/mol. The molecule has 1 aromatic carbocycles. The second kappa shape index (κ2) is 6.04. The van der Waals surface area contributed by atoms with Crippen LogP contribution in [0, 0.1) is 5.82 Å². The van der Waals surface area contributed by atoms with Crippen LogP contribution in [0.25, 0.3) is 0 Å². The second-order valence-corrected chi connectivity index (χ2v) is 6.22. The number of hydrogen-bond donors (Lipinski definition) is 1. The fourth-order valence-electron chi connectivity index (χ4n) is 2.53. The Hall–Kier alpha value is -1.23. The van der Waals surface area contributed by atoms with E-state index in [0.29, 0.717) is 12.6 Å². The number of nitrogens with two attached hydrogens (primary N) is 1. The smallest absolute Gasteiger partial charge is 0.123 e. The average molecular weight is 290 g/mol. The maximum Gasteiger partial charge on any atom is 0.123 e. The van der Waals surface area contributed by atoms with Crippen LogP contribution < -0.4 is 5.73 Å². The molecule has 1 saturated carbocycles. The van der Waals surface area contributed by atoms with Gasteiger partial charge in [0.25, 0.3) is 0 Å². The molecule has 0 unspecified atom stereocenters. The van der Waals surface area contributed by atoms with E-state index >= 15 is 0 Å². The fraction of sp³-hybridized carbons (Fsp3) is 0.375. The van der Waals surface area contributed by atoms with Gasteiger partial charge in [-0.05, 0) is 58.5 Å². The van der Waals surface area contributed by atoms with Gasteiger partial charge in [-0.1, -0.05) is 6.07 Å². The molecule has 1 heterocycles. The van der Waals surface area contributed by atoms with E-state index in [-0.39, 0.29) is 5.82 Å². The molecule has 1 aliphatic carbocycles. The zero-order valence-electron chi connectivity index (χ0n) is 11.4. The Labute approximate surface area is 123 Å². The molecule has 2 N–H and O–H groups in total. The van der Waals surface area contributed by atoms with E-state index in [1.165, 1.54) is 24.5 Å². The molecular weight excluding hydrogens is 271 g/mol. The quantitative estimate of drug-likeness (QED) is 0.882. The lowest BCUT2D eigenvalue weighted by Gasteiger charge is -2.22. The molecule has 0 bridgehead atoms. The minimum absolute atomic E-state index is 0.186. The molecule has 0 amide bonds. The van der Waals surface area contributed by atoms with Crippen LogP contribution in [0.3, 0.4) is 0 Å². The van der Waals surface area contributed by atoms with Crippen molar-refractivity contribution in [3.63, 3.8) is 0 Å². The van der Waals surface area contributed by atoms with Crippen LogP contribution in [0.4, 0.5) is 4.39 Å². The van der Waals surface area contributed by atoms with Gasteiger partial charge in [-0.2, -0.15) is 11.3 Å². The van der Waals surface area contributed by atoms with Gasteiger partial charge in [-0.15, -0.1) is 0 Å². The highest BCUT2D eigenvalue weighted by atomic mass is 32.1. The van der Waals surface area contributed by atoms with Gasteiger partial charge >= 0.3 is 0 Å². The van der Waals surface area contributed by atoms with E-state index in [9.17, 15) is 4.39 Å². The van der Waals surface area contributed by atoms with E-state index < -0.39 is 0 Å². The minimum atomic E-state index is -0.186. The molecule has 3 rings (SSSR count). The molecular formula is C16H19FN2S. The Kier molecular flexibility index (Phi) is 4.15. The van der Waals surface area contributed by atoms with Crippen LogP contribution in [0.1, 0.15) is 29.5 Å². The van der Waals surface area contributed by atoms with Crippen LogP contribution in [0.5, 0.6) is 0 Å². The summed E-state index contributed by atoms with van der Waals surface area (Å²) in [7, 11) is 0. The number of halogens is 1. The third-order valence-corrected chi connectivity index (χ3v) is 4.40. The highest BCUT2D eigenvalue weighted by Crippen LogP contribution is 2.30. The fourth-order valence-corrected chi connectivity index (χ4v) is 3.19. The van der Waals surface area contributed by atoms with Crippen LogP contribution in [-0.2, 0) is 19.6 Å². The first kappa shape index (κ1) is 13.7. The first-order chi connectivity index (χ1) is 9.74. The molecule has 106 valence electrons. The Bertz CT molecular complexity index is 564. The number of benzene rings is 1. The standard InChI is InChI=1S/C16H19FN2S/c17-15-6-13(8-18)5-14(7-15)10-19(16-1-2-16)9-12-3-4-20-11-12/h3-7,11,16H,1-2,8-10,18H2. The van der Waals surface area contributed by atoms with Crippen molar-refractivity contribution < 1.29 is 4.39 Å². The summed E-state index contributed by atoms with van der Waals surface area (Å²) in [6.07, 6.45) is 2.51. The van der Waals surface area contributed by atoms with Crippen molar-refractivity contribution in [1.82, 2.24) is 4.90 Å². The first-order valence-electron chi connectivity index (χ1n) is 6.98. The zero-order valence-corrected chi connectivity index (χ0v) is 12.2. The Balaban J connectivity index is 1.74. The molecule has 2 nitrogen and oxygen atoms in total. The molecule has 1 aliphatic rings. The highest BCUT2D eigenvalue weighted by molar-refractivity contribution is 7.07. The third-order valence-electron chi connectivity index (χ3n) is 3.67. The van der Waals surface area contributed by atoms with E-state index in [1.54, 1.807) is 17.4 Å². The minimum Gasteiger partial charge on any atom is -0.326 e. The molecule has 1 aromatic heterocycles. The number of thiophene rings is 1. The lowest BCUT2D eigenvalue weighted by Crippen LogP contribution is -2.25. The molecule has 0 saturated heterocycles. The van der Waals surface area contributed by atoms with Gasteiger partial charge in [-0.25, -0.2) is 4.39 Å². The van der Waals surface area contributed by atoms with Gasteiger partial charge in [0.05, 0.1) is 0 Å². The first-order valence-corrected chi connectivity index (χ1v) is 7.92. The van der Waals surface area contributed by atoms with Gasteiger partial charge < -0.3 is 5.73 Å². The maximum atomic E-state index is 13.6. The Morgan fingerprint density at radius 2 is 1.90 bits per heavy atom. The summed E-state index contributed by atoms with van der Waals surface area (Å²) in [6, 6.07) is 7.98. The molecule has 0 radical (unpaired) electrons. The normalized spacial score (nSPS) is 14.9. The summed E-state index contributed by atoms with van der Waals surface area (Å²) in [5.41, 5.74) is 8.85. The van der Waals surface area contributed by atoms with Crippen molar-refractivity contribution >= 4 is 11.3 Å². The van der Waals surface area contributed by atoms with Crippen molar-refractivity contribution in [2.75, 3.05) is 0 Å². The van der Waals surface area contributed by atoms with Crippen molar-refractivity contribution in [3.05, 3.63) is 57.5 Å². The SMILES string of the molecule is NCc1cc(F)cc(CN(Cc2ccsc2)C2CC2)c1. The summed E-state index contributed by atoms with van der Waals surface area (Å²) >= 11 is 1.73. The van der Waals surface area contributed by atoms with Gasteiger partial charge in [0.1, 0.15) is 5.82 Å². The van der Waals surface area contributed by atoms with Gasteiger partial charge in [0.15, 0.2) is 0 Å². The molecule has 1 fully saturated rings. The summed E-state index contributed by atoms with van der Waals surface area (Å²) in [5, 5.41) is 4.29. The largest absolute Gasteiger partial charge is 0.326 e. The molecule has 4 heteroatoms. The molecule has 0 atom stereocenters. The Morgan fingerprint density at radius 3 is 2.55 bits per heavy atom. The monoisotopic (exact) mass is 290 g/mol. The maximum absolute atomic E-state index is 13.6. The second-order valence-electron chi connectivity index (χ2n) is 5.44.